The van der Waals surface area contributed by atoms with Gasteiger partial charge < -0.3 is 9.73 Å². The number of hydrogen-bond acceptors (Lipinski definition) is 4. The van der Waals surface area contributed by atoms with Crippen molar-refractivity contribution in [1.82, 2.24) is 4.98 Å². The number of rotatable bonds is 7. The number of anilines is 1. The van der Waals surface area contributed by atoms with Crippen LogP contribution in [-0.4, -0.2) is 16.6 Å². The van der Waals surface area contributed by atoms with E-state index in [0.29, 0.717) is 28.1 Å². The van der Waals surface area contributed by atoms with Crippen molar-refractivity contribution in [2.24, 2.45) is 0 Å². The lowest BCUT2D eigenvalue weighted by atomic mass is 10.1. The minimum absolute atomic E-state index is 0.0807. The van der Waals surface area contributed by atoms with Gasteiger partial charge in [-0.25, -0.2) is 4.98 Å². The van der Waals surface area contributed by atoms with Gasteiger partial charge >= 0.3 is 0 Å². The number of aromatic nitrogens is 1. The van der Waals surface area contributed by atoms with Crippen LogP contribution in [0.25, 0.3) is 22.6 Å². The van der Waals surface area contributed by atoms with E-state index in [-0.39, 0.29) is 5.91 Å². The monoisotopic (exact) mass is 434 g/mol. The maximum Gasteiger partial charge on any atom is 0.256 e. The average Bonchev–Trinajstić information content (AvgIpc) is 3.19. The molecule has 0 atom stereocenters. The summed E-state index contributed by atoms with van der Waals surface area (Å²) in [6, 6.07) is 27.0. The number of benzene rings is 3. The van der Waals surface area contributed by atoms with Gasteiger partial charge in [0.05, 0.1) is 0 Å². The fraction of sp³-hybridized carbons (Fsp3) is 0.0833. The first-order valence-corrected chi connectivity index (χ1v) is 10.9. The van der Waals surface area contributed by atoms with Crippen molar-refractivity contribution in [2.45, 2.75) is 11.6 Å². The van der Waals surface area contributed by atoms with Gasteiger partial charge in [-0.3, -0.25) is 4.79 Å². The number of hydrogen-bond donors (Lipinski definition) is 1. The molecule has 1 heterocycles. The van der Waals surface area contributed by atoms with E-state index in [1.807, 2.05) is 66.7 Å². The van der Waals surface area contributed by atoms with E-state index in [2.05, 4.69) is 5.32 Å². The molecule has 1 aromatic heterocycles. The molecule has 0 aliphatic heterocycles. The number of carbonyl (C=O) groups excluding carboxylic acids is 1. The second kappa shape index (κ2) is 9.65. The third-order valence-corrected chi connectivity index (χ3v) is 5.42. The van der Waals surface area contributed by atoms with Gasteiger partial charge in [0.25, 0.3) is 5.22 Å². The Morgan fingerprint density at radius 1 is 0.933 bits per heavy atom. The largest absolute Gasteiger partial charge is 0.431 e. The first kappa shape index (κ1) is 20.3. The van der Waals surface area contributed by atoms with Crippen LogP contribution >= 0.6 is 23.4 Å². The number of nitrogens with zero attached hydrogens (tertiary/aromatic N) is 1. The van der Waals surface area contributed by atoms with E-state index in [1.165, 1.54) is 11.8 Å². The maximum atomic E-state index is 12.2. The van der Waals surface area contributed by atoms with Gasteiger partial charge in [0.2, 0.25) is 5.91 Å². The maximum absolute atomic E-state index is 12.2. The van der Waals surface area contributed by atoms with Crippen LogP contribution in [0.1, 0.15) is 6.42 Å². The molecule has 0 saturated carbocycles. The Bertz CT molecular complexity index is 1070. The Morgan fingerprint density at radius 2 is 1.63 bits per heavy atom. The topological polar surface area (TPSA) is 55.1 Å². The molecule has 0 aliphatic carbocycles. The predicted octanol–water partition coefficient (Wildman–Crippen LogP) is 6.78. The number of carbonyl (C=O) groups is 1. The average molecular weight is 435 g/mol. The quantitative estimate of drug-likeness (QED) is 0.325. The molecule has 0 aliphatic rings. The lowest BCUT2D eigenvalue weighted by Crippen LogP contribution is -2.12. The normalized spacial score (nSPS) is 10.7. The zero-order chi connectivity index (χ0) is 20.8. The van der Waals surface area contributed by atoms with Crippen molar-refractivity contribution in [3.63, 3.8) is 0 Å². The third-order valence-electron chi connectivity index (χ3n) is 4.35. The van der Waals surface area contributed by atoms with Crippen molar-refractivity contribution >= 4 is 35.0 Å². The first-order valence-electron chi connectivity index (χ1n) is 9.49. The van der Waals surface area contributed by atoms with Crippen LogP contribution in [0.2, 0.25) is 5.02 Å². The number of thioether (sulfide) groups is 1. The molecule has 0 unspecified atom stereocenters. The summed E-state index contributed by atoms with van der Waals surface area (Å²) in [5.41, 5.74) is 3.44. The van der Waals surface area contributed by atoms with Gasteiger partial charge in [0.1, 0.15) is 5.69 Å². The van der Waals surface area contributed by atoms with Crippen molar-refractivity contribution in [3.05, 3.63) is 90.0 Å². The minimum atomic E-state index is -0.0807. The van der Waals surface area contributed by atoms with Gasteiger partial charge in [0, 0.05) is 34.0 Å². The SMILES string of the molecule is O=C(CCSc1nc(-c2ccccc2)c(-c2ccccc2)o1)Nc1cccc(Cl)c1. The molecule has 6 heteroatoms. The van der Waals surface area contributed by atoms with Crippen LogP contribution in [0.4, 0.5) is 5.69 Å². The highest BCUT2D eigenvalue weighted by atomic mass is 35.5. The highest BCUT2D eigenvalue weighted by molar-refractivity contribution is 7.99. The van der Waals surface area contributed by atoms with E-state index in [0.717, 1.165) is 22.6 Å². The Balaban J connectivity index is 1.45. The molecular weight excluding hydrogens is 416 g/mol. The minimum Gasteiger partial charge on any atom is -0.431 e. The van der Waals surface area contributed by atoms with Crippen LogP contribution in [-0.2, 0) is 4.79 Å². The molecule has 0 spiro atoms. The lowest BCUT2D eigenvalue weighted by Gasteiger charge is -2.04. The molecule has 3 aromatic carbocycles. The van der Waals surface area contributed by atoms with Gasteiger partial charge in [-0.15, -0.1) is 0 Å². The summed E-state index contributed by atoms with van der Waals surface area (Å²) >= 11 is 7.38. The summed E-state index contributed by atoms with van der Waals surface area (Å²) < 4.78 is 6.07. The van der Waals surface area contributed by atoms with Crippen LogP contribution in [0.3, 0.4) is 0 Å². The van der Waals surface area contributed by atoms with E-state index < -0.39 is 0 Å². The third kappa shape index (κ3) is 5.12. The number of halogens is 1. The molecule has 1 amide bonds. The smallest absolute Gasteiger partial charge is 0.256 e. The molecule has 0 bridgehead atoms. The Labute approximate surface area is 184 Å². The van der Waals surface area contributed by atoms with Crippen molar-refractivity contribution in [2.75, 3.05) is 11.1 Å². The summed E-state index contributed by atoms with van der Waals surface area (Å²) in [5.74, 6) is 1.20. The predicted molar refractivity (Wildman–Crippen MR) is 123 cm³/mol. The Hall–Kier alpha value is -3.02. The fourth-order valence-corrected chi connectivity index (χ4v) is 3.91. The van der Waals surface area contributed by atoms with E-state index in [1.54, 1.807) is 18.2 Å². The zero-order valence-electron chi connectivity index (χ0n) is 16.0. The standard InChI is InChI=1S/C24H19ClN2O2S/c25-19-12-7-13-20(16-19)26-21(28)14-15-30-24-27-22(17-8-3-1-4-9-17)23(29-24)18-10-5-2-6-11-18/h1-13,16H,14-15H2,(H,26,28). The Morgan fingerprint density at radius 3 is 2.33 bits per heavy atom. The second-order valence-corrected chi connectivity index (χ2v) is 8.03. The van der Waals surface area contributed by atoms with Crippen LogP contribution in [0, 0.1) is 0 Å². The molecule has 4 aromatic rings. The van der Waals surface area contributed by atoms with Crippen LogP contribution in [0.15, 0.2) is 94.6 Å². The molecule has 4 nitrogen and oxygen atoms in total. The van der Waals surface area contributed by atoms with Gasteiger partial charge in [-0.1, -0.05) is 90.1 Å². The molecule has 4 rings (SSSR count). The highest BCUT2D eigenvalue weighted by Crippen LogP contribution is 2.35. The van der Waals surface area contributed by atoms with Gasteiger partial charge in [-0.05, 0) is 18.2 Å². The van der Waals surface area contributed by atoms with Gasteiger partial charge in [0.15, 0.2) is 5.76 Å². The number of oxazole rings is 1. The Kier molecular flexibility index (Phi) is 6.52. The number of amides is 1. The van der Waals surface area contributed by atoms with Crippen LogP contribution in [0.5, 0.6) is 0 Å². The summed E-state index contributed by atoms with van der Waals surface area (Å²) in [6.45, 7) is 0. The highest BCUT2D eigenvalue weighted by Gasteiger charge is 2.17. The van der Waals surface area contributed by atoms with Crippen LogP contribution < -0.4 is 5.32 Å². The second-order valence-electron chi connectivity index (χ2n) is 6.55. The van der Waals surface area contributed by atoms with Crippen molar-refractivity contribution < 1.29 is 9.21 Å². The molecule has 30 heavy (non-hydrogen) atoms. The van der Waals surface area contributed by atoms with E-state index >= 15 is 0 Å². The van der Waals surface area contributed by atoms with Gasteiger partial charge in [-0.2, -0.15) is 0 Å². The molecule has 0 fully saturated rings. The van der Waals surface area contributed by atoms with E-state index in [9.17, 15) is 4.79 Å². The molecule has 150 valence electrons. The van der Waals surface area contributed by atoms with E-state index in [4.69, 9.17) is 21.0 Å². The summed E-state index contributed by atoms with van der Waals surface area (Å²) in [6.07, 6.45) is 0.334. The summed E-state index contributed by atoms with van der Waals surface area (Å²) in [5, 5.41) is 3.98. The summed E-state index contributed by atoms with van der Waals surface area (Å²) in [7, 11) is 0. The molecule has 0 radical (unpaired) electrons. The van der Waals surface area contributed by atoms with Crippen molar-refractivity contribution in [1.29, 1.82) is 0 Å². The molecule has 1 N–H and O–H groups in total. The zero-order valence-corrected chi connectivity index (χ0v) is 17.6. The lowest BCUT2D eigenvalue weighted by molar-refractivity contribution is -0.115. The fourth-order valence-electron chi connectivity index (χ4n) is 2.96. The van der Waals surface area contributed by atoms with Crippen molar-refractivity contribution in [3.8, 4) is 22.6 Å². The summed E-state index contributed by atoms with van der Waals surface area (Å²) in [4.78, 5) is 16.9. The molecule has 0 saturated heterocycles. The molecular formula is C24H19ClN2O2S. The number of nitrogens with one attached hydrogen (secondary N) is 1. The first-order chi connectivity index (χ1) is 14.7.